The Balaban J connectivity index is 5.43. The van der Waals surface area contributed by atoms with Gasteiger partial charge in [0.05, 0.1) is 26.4 Å². The Morgan fingerprint density at radius 1 is 0.264 bits per heavy atom. The van der Waals surface area contributed by atoms with Gasteiger partial charge in [-0.25, -0.2) is 9.13 Å². The number of unbranched alkanes of at least 4 members (excludes halogenated alkanes) is 33. The molecule has 0 rings (SSSR count). The zero-order valence-electron chi connectivity index (χ0n) is 69.4. The topological polar surface area (TPSA) is 237 Å². The van der Waals surface area contributed by atoms with Crippen LogP contribution in [-0.4, -0.2) is 96.7 Å². The molecule has 632 valence electrons. The van der Waals surface area contributed by atoms with Crippen molar-refractivity contribution in [2.75, 3.05) is 39.6 Å². The Morgan fingerprint density at radius 3 is 0.782 bits per heavy atom. The molecule has 0 aromatic rings. The van der Waals surface area contributed by atoms with E-state index in [9.17, 15) is 43.2 Å². The number of carbonyl (C=O) groups is 4. The van der Waals surface area contributed by atoms with E-state index in [-0.39, 0.29) is 25.7 Å². The summed E-state index contributed by atoms with van der Waals surface area (Å²) in [4.78, 5) is 73.3. The van der Waals surface area contributed by atoms with E-state index in [1.807, 2.05) is 12.2 Å². The van der Waals surface area contributed by atoms with Crippen molar-refractivity contribution in [1.29, 1.82) is 0 Å². The van der Waals surface area contributed by atoms with E-state index in [0.29, 0.717) is 32.1 Å². The minimum absolute atomic E-state index is 0.0110. The minimum atomic E-state index is -5.00. The number of phosphoric ester groups is 2. The van der Waals surface area contributed by atoms with Gasteiger partial charge in [-0.15, -0.1) is 0 Å². The summed E-state index contributed by atoms with van der Waals surface area (Å²) >= 11 is 0. The number of aliphatic hydroxyl groups excluding tert-OH is 1. The normalized spacial score (nSPS) is 14.4. The van der Waals surface area contributed by atoms with Crippen molar-refractivity contribution in [2.45, 2.75) is 380 Å². The van der Waals surface area contributed by atoms with Crippen molar-refractivity contribution in [3.8, 4) is 0 Å². The van der Waals surface area contributed by atoms with Crippen molar-refractivity contribution in [1.82, 2.24) is 0 Å². The highest BCUT2D eigenvalue weighted by atomic mass is 31.2. The van der Waals surface area contributed by atoms with Gasteiger partial charge in [-0.2, -0.15) is 0 Å². The molecule has 5 atom stereocenters. The summed E-state index contributed by atoms with van der Waals surface area (Å²) in [6, 6.07) is 0. The quantitative estimate of drug-likeness (QED) is 0.0169. The first-order chi connectivity index (χ1) is 53.7. The van der Waals surface area contributed by atoms with Crippen LogP contribution >= 0.6 is 15.6 Å². The monoisotopic (exact) mass is 1580 g/mol. The number of carbonyl (C=O) groups excluding carboxylic acids is 4. The lowest BCUT2D eigenvalue weighted by molar-refractivity contribution is -0.161. The Labute approximate surface area is 669 Å². The summed E-state index contributed by atoms with van der Waals surface area (Å²) < 4.78 is 68.8. The maximum Gasteiger partial charge on any atom is 0.472 e. The van der Waals surface area contributed by atoms with E-state index in [2.05, 4.69) is 149 Å². The Bertz CT molecular complexity index is 2600. The summed E-state index contributed by atoms with van der Waals surface area (Å²) in [6.45, 7) is 4.67. The van der Waals surface area contributed by atoms with Crippen LogP contribution in [0.4, 0.5) is 0 Å². The molecule has 3 N–H and O–H groups in total. The first-order valence-corrected chi connectivity index (χ1v) is 46.4. The Morgan fingerprint density at radius 2 is 0.482 bits per heavy atom. The van der Waals surface area contributed by atoms with Crippen molar-refractivity contribution in [3.63, 3.8) is 0 Å². The van der Waals surface area contributed by atoms with Gasteiger partial charge >= 0.3 is 39.5 Å². The summed E-state index contributed by atoms with van der Waals surface area (Å²) in [5.41, 5.74) is 0. The molecule has 0 radical (unpaired) electrons. The van der Waals surface area contributed by atoms with Gasteiger partial charge in [0.25, 0.3) is 0 Å². The number of esters is 4. The fourth-order valence-electron chi connectivity index (χ4n) is 11.5. The number of hydrogen-bond acceptors (Lipinski definition) is 15. The van der Waals surface area contributed by atoms with Crippen LogP contribution in [0.25, 0.3) is 0 Å². The van der Waals surface area contributed by atoms with Crippen LogP contribution in [0.2, 0.25) is 0 Å². The average Bonchev–Trinajstić information content (AvgIpc) is 0.906. The van der Waals surface area contributed by atoms with E-state index < -0.39 is 97.5 Å². The summed E-state index contributed by atoms with van der Waals surface area (Å²) in [5, 5.41) is 10.7. The van der Waals surface area contributed by atoms with Gasteiger partial charge in [-0.05, 0) is 141 Å². The largest absolute Gasteiger partial charge is 0.472 e. The van der Waals surface area contributed by atoms with Gasteiger partial charge in [0.2, 0.25) is 0 Å². The highest BCUT2D eigenvalue weighted by Crippen LogP contribution is 2.45. The number of aliphatic hydroxyl groups is 1. The lowest BCUT2D eigenvalue weighted by atomic mass is 10.0. The first-order valence-electron chi connectivity index (χ1n) is 43.4. The lowest BCUT2D eigenvalue weighted by Crippen LogP contribution is -2.30. The smallest absolute Gasteiger partial charge is 0.462 e. The van der Waals surface area contributed by atoms with E-state index in [4.69, 9.17) is 37.0 Å². The summed E-state index contributed by atoms with van der Waals surface area (Å²) in [5.74, 6) is -2.26. The number of allylic oxidation sites excluding steroid dienone is 22. The number of rotatable bonds is 81. The molecular weight excluding hydrogens is 1430 g/mol. The molecule has 0 aliphatic heterocycles. The Kier molecular flexibility index (Phi) is 78.6. The standard InChI is InChI=1S/C91H156O17P2/c1-5-9-13-17-21-25-29-33-37-40-42-45-48-51-55-59-63-67-71-75-88(93)101-81-86(107-90(95)77-73-69-65-61-57-53-47-36-32-28-24-20-16-12-8-4)83-105-109(97,98)103-79-85(92)80-104-110(99,100)106-84-87(108-91(96)78-74-70-66-62-58-54-50-44-39-35-31-27-23-19-15-11-7-3)82-102-89(94)76-72-68-64-60-56-52-49-46-43-41-38-34-30-26-22-18-14-10-6-2/h11,15,21-23,25-27,33-35,37-39,42-43,45-46,50,54,62,66,85-87,92H,5-10,12-14,16-20,24,28-32,36,40-41,44,47-49,51-53,55-61,63-65,67-84H2,1-4H3,(H,97,98)(H,99,100)/b15-11-,25-21-,26-22-,27-23-,37-33-,38-34-,39-35-,45-42-,46-43-,54-50-,66-62-. The molecule has 0 aromatic carbocycles. The van der Waals surface area contributed by atoms with Crippen molar-refractivity contribution in [2.24, 2.45) is 0 Å². The van der Waals surface area contributed by atoms with Crippen LogP contribution in [0.15, 0.2) is 134 Å². The molecule has 0 spiro atoms. The van der Waals surface area contributed by atoms with Crippen LogP contribution in [0.5, 0.6) is 0 Å². The van der Waals surface area contributed by atoms with Crippen molar-refractivity contribution >= 4 is 39.5 Å². The first kappa shape index (κ1) is 105. The summed E-state index contributed by atoms with van der Waals surface area (Å²) in [6.07, 6.45) is 94.1. The van der Waals surface area contributed by atoms with E-state index in [0.717, 1.165) is 173 Å². The van der Waals surface area contributed by atoms with Gasteiger partial charge in [-0.1, -0.05) is 328 Å². The minimum Gasteiger partial charge on any atom is -0.462 e. The molecule has 0 aromatic heterocycles. The molecule has 0 fully saturated rings. The predicted molar refractivity (Wildman–Crippen MR) is 454 cm³/mol. The van der Waals surface area contributed by atoms with E-state index in [1.54, 1.807) is 0 Å². The number of phosphoric acid groups is 2. The molecule has 0 saturated carbocycles. The van der Waals surface area contributed by atoms with Crippen LogP contribution in [-0.2, 0) is 65.4 Å². The second-order valence-corrected chi connectivity index (χ2v) is 31.7. The van der Waals surface area contributed by atoms with Crippen molar-refractivity contribution < 1.29 is 80.2 Å². The molecule has 110 heavy (non-hydrogen) atoms. The van der Waals surface area contributed by atoms with Crippen LogP contribution in [0.3, 0.4) is 0 Å². The number of hydrogen-bond donors (Lipinski definition) is 3. The Hall–Kier alpha value is -4.80. The van der Waals surface area contributed by atoms with Crippen LogP contribution in [0.1, 0.15) is 362 Å². The maximum absolute atomic E-state index is 13.1. The molecule has 0 saturated heterocycles. The molecule has 5 unspecified atom stereocenters. The van der Waals surface area contributed by atoms with Gasteiger partial charge in [0, 0.05) is 25.7 Å². The molecule has 0 aliphatic rings. The third kappa shape index (κ3) is 81.2. The highest BCUT2D eigenvalue weighted by molar-refractivity contribution is 7.47. The fraction of sp³-hybridized carbons (Fsp3) is 0.714. The zero-order valence-corrected chi connectivity index (χ0v) is 71.2. The fourth-order valence-corrected chi connectivity index (χ4v) is 13.1. The van der Waals surface area contributed by atoms with Crippen molar-refractivity contribution in [3.05, 3.63) is 134 Å². The molecular formula is C91H156O17P2. The zero-order chi connectivity index (χ0) is 80.3. The average molecular weight is 1580 g/mol. The summed E-state index contributed by atoms with van der Waals surface area (Å²) in [7, 11) is -10.00. The van der Waals surface area contributed by atoms with Gasteiger partial charge in [0.1, 0.15) is 19.3 Å². The molecule has 0 bridgehead atoms. The third-order valence-corrected chi connectivity index (χ3v) is 20.0. The van der Waals surface area contributed by atoms with Crippen LogP contribution in [0, 0.1) is 0 Å². The molecule has 17 nitrogen and oxygen atoms in total. The maximum atomic E-state index is 13.1. The van der Waals surface area contributed by atoms with E-state index >= 15 is 0 Å². The lowest BCUT2D eigenvalue weighted by Gasteiger charge is -2.21. The second-order valence-electron chi connectivity index (χ2n) is 28.7. The van der Waals surface area contributed by atoms with Gasteiger partial charge in [0.15, 0.2) is 12.2 Å². The molecule has 0 aliphatic carbocycles. The number of ether oxygens (including phenoxy) is 4. The highest BCUT2D eigenvalue weighted by Gasteiger charge is 2.30. The van der Waals surface area contributed by atoms with E-state index in [1.165, 1.54) is 103 Å². The predicted octanol–water partition coefficient (Wildman–Crippen LogP) is 26.0. The molecule has 19 heteroatoms. The van der Waals surface area contributed by atoms with Gasteiger partial charge < -0.3 is 33.8 Å². The molecule has 0 amide bonds. The second kappa shape index (κ2) is 82.2. The van der Waals surface area contributed by atoms with Crippen LogP contribution < -0.4 is 0 Å². The third-order valence-electron chi connectivity index (χ3n) is 18.1. The molecule has 0 heterocycles. The van der Waals surface area contributed by atoms with Gasteiger partial charge in [-0.3, -0.25) is 37.3 Å². The SMILES string of the molecule is CC/C=C\C/C=C\C/C=C\C/C=C\C/C=C\CCCC(=O)OC(COC(=O)CCCCCCCC/C=C\C/C=C\C/C=C\CCCCC)COP(=O)(O)OCC(O)COP(=O)(O)OCC(COC(=O)CCCCCCCC/C=C\C/C=C\C/C=C\CCCCC)OC(=O)CCCCCCCCCCCCCCCCC.